The molecule has 0 N–H and O–H groups in total. The average Bonchev–Trinajstić information content (AvgIpc) is 3.46. The van der Waals surface area contributed by atoms with Crippen LogP contribution in [-0.2, 0) is 22.6 Å². The Hall–Kier alpha value is -2.60. The van der Waals surface area contributed by atoms with Gasteiger partial charge in [0.2, 0.25) is 0 Å². The number of hydrogen-bond donors (Lipinski definition) is 0. The van der Waals surface area contributed by atoms with E-state index in [0.29, 0.717) is 64.5 Å². The number of rotatable bonds is 7. The summed E-state index contributed by atoms with van der Waals surface area (Å²) in [5.74, 6) is 0.771. The van der Waals surface area contributed by atoms with Crippen molar-refractivity contribution >= 4 is 26.1 Å². The second-order valence-electron chi connectivity index (χ2n) is 13.1. The molecule has 1 aromatic rings. The molecule has 1 aromatic heterocycles. The Morgan fingerprint density at radius 3 is 2.31 bits per heavy atom. The fourth-order valence-corrected chi connectivity index (χ4v) is 5.71. The molecule has 0 radical (unpaired) electrons. The summed E-state index contributed by atoms with van der Waals surface area (Å²) in [5.41, 5.74) is 1.12. The summed E-state index contributed by atoms with van der Waals surface area (Å²) in [6, 6.07) is 1.64. The van der Waals surface area contributed by atoms with Crippen LogP contribution in [0.4, 0.5) is 15.4 Å². The molecule has 4 heterocycles. The fraction of sp³-hybridized carbons (Fsp3) is 0.778. The highest BCUT2D eigenvalue weighted by atomic mass is 28.3. The highest BCUT2D eigenvalue weighted by molar-refractivity contribution is 6.76. The van der Waals surface area contributed by atoms with Crippen molar-refractivity contribution in [3.05, 3.63) is 11.3 Å². The molecular formula is C27H46N6O5Si. The maximum absolute atomic E-state index is 12.9. The Morgan fingerprint density at radius 1 is 0.974 bits per heavy atom. The van der Waals surface area contributed by atoms with Crippen LogP contribution >= 0.6 is 0 Å². The van der Waals surface area contributed by atoms with E-state index in [2.05, 4.69) is 36.5 Å². The number of hydrogen-bond acceptors (Lipinski definition) is 9. The smallest absolute Gasteiger partial charge is 0.410 e. The standard InChI is InChI=1S/C27H46N6O5Si/c1-27(2,3)38-26(35)33-17-21-22(18-33)28-24(37-19-20-9-8-10-30(20)4)29-23(21)31-11-13-32(14-12-31)25(34)36-15-16-39(5,6)7/h20H,8-19H2,1-7H3/t20-/m0/s1. The van der Waals surface area contributed by atoms with Gasteiger partial charge in [0.1, 0.15) is 18.0 Å². The lowest BCUT2D eigenvalue weighted by atomic mass is 10.2. The van der Waals surface area contributed by atoms with Crippen molar-refractivity contribution in [3.8, 4) is 6.01 Å². The molecule has 3 aliphatic heterocycles. The van der Waals surface area contributed by atoms with Crippen molar-refractivity contribution in [3.63, 3.8) is 0 Å². The van der Waals surface area contributed by atoms with Crippen LogP contribution in [0, 0.1) is 0 Å². The highest BCUT2D eigenvalue weighted by Gasteiger charge is 2.35. The van der Waals surface area contributed by atoms with Gasteiger partial charge in [0.25, 0.3) is 0 Å². The molecule has 2 saturated heterocycles. The first-order valence-corrected chi connectivity index (χ1v) is 17.9. The highest BCUT2D eigenvalue weighted by Crippen LogP contribution is 2.33. The first-order valence-electron chi connectivity index (χ1n) is 14.2. The predicted octanol–water partition coefficient (Wildman–Crippen LogP) is 3.80. The van der Waals surface area contributed by atoms with E-state index in [4.69, 9.17) is 24.2 Å². The van der Waals surface area contributed by atoms with Crippen LogP contribution in [0.25, 0.3) is 0 Å². The number of aromatic nitrogens is 2. The second-order valence-corrected chi connectivity index (χ2v) is 18.7. The van der Waals surface area contributed by atoms with Crippen molar-refractivity contribution in [2.75, 3.05) is 57.9 Å². The van der Waals surface area contributed by atoms with Crippen molar-refractivity contribution in [1.29, 1.82) is 0 Å². The van der Waals surface area contributed by atoms with Crippen LogP contribution in [0.3, 0.4) is 0 Å². The summed E-state index contributed by atoms with van der Waals surface area (Å²) in [6.45, 7) is 17.5. The zero-order valence-corrected chi connectivity index (χ0v) is 25.8. The monoisotopic (exact) mass is 562 g/mol. The lowest BCUT2D eigenvalue weighted by Gasteiger charge is -2.35. The quantitative estimate of drug-likeness (QED) is 0.459. The number of nitrogens with zero attached hydrogens (tertiary/aromatic N) is 6. The van der Waals surface area contributed by atoms with Crippen molar-refractivity contribution in [2.45, 2.75) is 84.0 Å². The lowest BCUT2D eigenvalue weighted by Crippen LogP contribution is -2.49. The molecule has 0 spiro atoms. The fourth-order valence-electron chi connectivity index (χ4n) is 4.99. The third-order valence-corrected chi connectivity index (χ3v) is 9.09. The third kappa shape index (κ3) is 7.97. The minimum Gasteiger partial charge on any atom is -0.462 e. The van der Waals surface area contributed by atoms with Crippen molar-refractivity contribution < 1.29 is 23.8 Å². The molecule has 0 bridgehead atoms. The minimum atomic E-state index is -1.26. The van der Waals surface area contributed by atoms with E-state index < -0.39 is 13.7 Å². The average molecular weight is 563 g/mol. The Morgan fingerprint density at radius 2 is 1.69 bits per heavy atom. The van der Waals surface area contributed by atoms with Gasteiger partial charge in [-0.25, -0.2) is 9.59 Å². The van der Waals surface area contributed by atoms with Gasteiger partial charge in [0, 0.05) is 45.9 Å². The van der Waals surface area contributed by atoms with Gasteiger partial charge in [-0.3, -0.25) is 4.90 Å². The number of likely N-dealkylation sites (N-methyl/N-ethyl adjacent to an activating group) is 1. The van der Waals surface area contributed by atoms with E-state index in [0.717, 1.165) is 42.5 Å². The summed E-state index contributed by atoms with van der Waals surface area (Å²) in [6.07, 6.45) is 1.64. The molecule has 12 heteroatoms. The summed E-state index contributed by atoms with van der Waals surface area (Å²) in [5, 5.41) is 0. The Labute approximate surface area is 233 Å². The topological polar surface area (TPSA) is 101 Å². The van der Waals surface area contributed by atoms with Gasteiger partial charge in [0.15, 0.2) is 0 Å². The van der Waals surface area contributed by atoms with E-state index in [1.807, 2.05) is 20.8 Å². The van der Waals surface area contributed by atoms with Crippen LogP contribution in [-0.4, -0.2) is 110 Å². The molecule has 39 heavy (non-hydrogen) atoms. The van der Waals surface area contributed by atoms with Crippen molar-refractivity contribution in [2.24, 2.45) is 0 Å². The summed E-state index contributed by atoms with van der Waals surface area (Å²) < 4.78 is 17.3. The van der Waals surface area contributed by atoms with Gasteiger partial charge in [-0.05, 0) is 53.2 Å². The number of likely N-dealkylation sites (tertiary alicyclic amines) is 1. The van der Waals surface area contributed by atoms with Gasteiger partial charge in [-0.2, -0.15) is 9.97 Å². The van der Waals surface area contributed by atoms with Crippen LogP contribution in [0.1, 0.15) is 44.9 Å². The Balaban J connectivity index is 1.45. The second kappa shape index (κ2) is 11.9. The van der Waals surface area contributed by atoms with Gasteiger partial charge in [0.05, 0.1) is 25.4 Å². The zero-order valence-electron chi connectivity index (χ0n) is 24.8. The molecule has 0 aliphatic carbocycles. The maximum Gasteiger partial charge on any atom is 0.410 e. The molecule has 2 fully saturated rings. The van der Waals surface area contributed by atoms with Gasteiger partial charge in [-0.15, -0.1) is 0 Å². The summed E-state index contributed by atoms with van der Waals surface area (Å²) in [7, 11) is 0.855. The molecule has 4 rings (SSSR count). The number of fused-ring (bicyclic) bond motifs is 1. The number of amides is 2. The maximum atomic E-state index is 12.9. The number of anilines is 1. The van der Waals surface area contributed by atoms with Gasteiger partial charge < -0.3 is 28.9 Å². The van der Waals surface area contributed by atoms with E-state index in [9.17, 15) is 9.59 Å². The van der Waals surface area contributed by atoms with Crippen molar-refractivity contribution in [1.82, 2.24) is 24.7 Å². The molecule has 3 aliphatic rings. The van der Waals surface area contributed by atoms with Crippen LogP contribution in [0.2, 0.25) is 25.7 Å². The lowest BCUT2D eigenvalue weighted by molar-refractivity contribution is 0.0240. The van der Waals surface area contributed by atoms with E-state index >= 15 is 0 Å². The minimum absolute atomic E-state index is 0.248. The molecular weight excluding hydrogens is 516 g/mol. The van der Waals surface area contributed by atoms with E-state index in [1.54, 1.807) is 9.80 Å². The molecule has 0 saturated carbocycles. The van der Waals surface area contributed by atoms with E-state index in [-0.39, 0.29) is 12.2 Å². The predicted molar refractivity (Wildman–Crippen MR) is 152 cm³/mol. The first kappa shape index (κ1) is 29.4. The third-order valence-electron chi connectivity index (χ3n) is 7.38. The molecule has 0 unspecified atom stereocenters. The normalized spacial score (nSPS) is 20.3. The largest absolute Gasteiger partial charge is 0.462 e. The number of piperazine rings is 1. The number of carbonyl (C=O) groups is 2. The van der Waals surface area contributed by atoms with Crippen LogP contribution in [0.15, 0.2) is 0 Å². The summed E-state index contributed by atoms with van der Waals surface area (Å²) in [4.78, 5) is 42.9. The molecule has 218 valence electrons. The number of ether oxygens (including phenoxy) is 3. The van der Waals surface area contributed by atoms with Crippen LogP contribution < -0.4 is 9.64 Å². The van der Waals surface area contributed by atoms with Crippen LogP contribution in [0.5, 0.6) is 6.01 Å². The molecule has 0 aromatic carbocycles. The number of carbonyl (C=O) groups excluding carboxylic acids is 2. The van der Waals surface area contributed by atoms with E-state index in [1.165, 1.54) is 0 Å². The molecule has 2 amide bonds. The first-order chi connectivity index (χ1) is 18.3. The summed E-state index contributed by atoms with van der Waals surface area (Å²) >= 11 is 0. The van der Waals surface area contributed by atoms with Gasteiger partial charge in [-0.1, -0.05) is 19.6 Å². The zero-order chi connectivity index (χ0) is 28.4. The SMILES string of the molecule is CN1CCC[C@H]1COc1nc2c(c(N3CCN(C(=O)OCC[Si](C)(C)C)CC3)n1)CN(C(=O)OC(C)(C)C)C2. The molecule has 11 nitrogen and oxygen atoms in total. The van der Waals surface area contributed by atoms with Gasteiger partial charge >= 0.3 is 18.2 Å². The molecule has 1 atom stereocenters. The Bertz CT molecular complexity index is 1030. The Kier molecular flexibility index (Phi) is 8.94.